The lowest BCUT2D eigenvalue weighted by Gasteiger charge is -2.05. The summed E-state index contributed by atoms with van der Waals surface area (Å²) in [5.41, 5.74) is 1.66. The number of carbonyl (C=O) groups is 1. The first-order valence-corrected chi connectivity index (χ1v) is 6.27. The average Bonchev–Trinajstić information content (AvgIpc) is 2.80. The van der Waals surface area contributed by atoms with Crippen LogP contribution in [0.4, 0.5) is 0 Å². The first-order valence-electron chi connectivity index (χ1n) is 5.90. The molecule has 0 aliphatic carbocycles. The second kappa shape index (κ2) is 6.29. The number of hydrogen-bond donors (Lipinski definition) is 0. The number of hydrogen-bond acceptors (Lipinski definition) is 5. The van der Waals surface area contributed by atoms with Crippen molar-refractivity contribution in [3.63, 3.8) is 0 Å². The molecule has 0 N–H and O–H groups in total. The molecule has 0 atom stereocenters. The van der Waals surface area contributed by atoms with Crippen molar-refractivity contribution in [3.8, 4) is 0 Å². The molecular weight excluding hydrogens is 280 g/mol. The van der Waals surface area contributed by atoms with Gasteiger partial charge in [0.25, 0.3) is 0 Å². The summed E-state index contributed by atoms with van der Waals surface area (Å²) in [6.45, 7) is 5.78. The third-order valence-electron chi connectivity index (χ3n) is 2.68. The van der Waals surface area contributed by atoms with Crippen LogP contribution in [0.15, 0.2) is 31.1 Å². The van der Waals surface area contributed by atoms with Gasteiger partial charge in [0.15, 0.2) is 5.69 Å². The fourth-order valence-electron chi connectivity index (χ4n) is 1.60. The smallest absolute Gasteiger partial charge is 0.361 e. The van der Waals surface area contributed by atoms with E-state index in [-0.39, 0.29) is 12.3 Å². The molecule has 0 saturated carbocycles. The molecule has 0 aromatic carbocycles. The minimum absolute atomic E-state index is 0.140. The first kappa shape index (κ1) is 14.2. The van der Waals surface area contributed by atoms with E-state index in [0.29, 0.717) is 17.3 Å². The Balaban J connectivity index is 2.19. The molecule has 0 unspecified atom stereocenters. The maximum Gasteiger partial charge on any atom is 0.361 e. The summed E-state index contributed by atoms with van der Waals surface area (Å²) in [4.78, 5) is 15.7. The van der Waals surface area contributed by atoms with E-state index in [9.17, 15) is 4.79 Å². The van der Waals surface area contributed by atoms with Crippen LogP contribution in [0, 0.1) is 6.92 Å². The van der Waals surface area contributed by atoms with Crippen molar-refractivity contribution in [2.45, 2.75) is 13.5 Å². The van der Waals surface area contributed by atoms with Gasteiger partial charge >= 0.3 is 5.97 Å². The fourth-order valence-corrected chi connectivity index (χ4v) is 1.77. The molecule has 0 aliphatic heterocycles. The molecule has 6 nitrogen and oxygen atoms in total. The molecule has 104 valence electrons. The van der Waals surface area contributed by atoms with Crippen LogP contribution in [0.25, 0.3) is 0 Å². The predicted molar refractivity (Wildman–Crippen MR) is 73.6 cm³/mol. The number of halogens is 1. The molecule has 2 aromatic rings. The van der Waals surface area contributed by atoms with Crippen molar-refractivity contribution in [3.05, 3.63) is 53.1 Å². The van der Waals surface area contributed by atoms with Crippen LogP contribution in [0.1, 0.15) is 21.7 Å². The Morgan fingerprint density at radius 1 is 1.60 bits per heavy atom. The molecule has 2 rings (SSSR count). The van der Waals surface area contributed by atoms with E-state index in [1.807, 2.05) is 0 Å². The van der Waals surface area contributed by atoms with E-state index in [1.54, 1.807) is 30.1 Å². The molecule has 0 radical (unpaired) electrons. The molecule has 20 heavy (non-hydrogen) atoms. The van der Waals surface area contributed by atoms with Gasteiger partial charge in [-0.3, -0.25) is 4.98 Å². The van der Waals surface area contributed by atoms with Gasteiger partial charge in [-0.1, -0.05) is 29.5 Å². The maximum absolute atomic E-state index is 11.7. The zero-order valence-corrected chi connectivity index (χ0v) is 11.7. The molecule has 0 saturated heterocycles. The fraction of sp³-hybridized carbons (Fsp3) is 0.231. The number of pyridine rings is 1. The Morgan fingerprint density at radius 3 is 3.10 bits per heavy atom. The SMILES string of the molecule is C=CCOC(=O)c1nnn(Cc2ccncc2Cl)c1C. The van der Waals surface area contributed by atoms with Gasteiger partial charge < -0.3 is 4.74 Å². The lowest BCUT2D eigenvalue weighted by Crippen LogP contribution is -2.09. The monoisotopic (exact) mass is 292 g/mol. The highest BCUT2D eigenvalue weighted by atomic mass is 35.5. The number of aromatic nitrogens is 4. The summed E-state index contributed by atoms with van der Waals surface area (Å²) in [6.07, 6.45) is 4.70. The van der Waals surface area contributed by atoms with Gasteiger partial charge in [-0.25, -0.2) is 9.48 Å². The highest BCUT2D eigenvalue weighted by Gasteiger charge is 2.18. The standard InChI is InChI=1S/C13H13ClN4O2/c1-3-6-20-13(19)12-9(2)18(17-16-12)8-10-4-5-15-7-11(10)14/h3-5,7H,1,6,8H2,2H3. The molecule has 0 aliphatic rings. The van der Waals surface area contributed by atoms with E-state index in [0.717, 1.165) is 5.56 Å². The predicted octanol–water partition coefficient (Wildman–Crippen LogP) is 2.03. The Bertz CT molecular complexity index is 639. The van der Waals surface area contributed by atoms with Gasteiger partial charge in [0.2, 0.25) is 0 Å². The number of esters is 1. The second-order valence-corrected chi connectivity index (χ2v) is 4.44. The number of nitrogens with zero attached hydrogens (tertiary/aromatic N) is 4. The van der Waals surface area contributed by atoms with Crippen LogP contribution in [-0.2, 0) is 11.3 Å². The maximum atomic E-state index is 11.7. The molecule has 2 heterocycles. The molecule has 0 amide bonds. The largest absolute Gasteiger partial charge is 0.457 e. The molecule has 0 spiro atoms. The normalized spacial score (nSPS) is 10.3. The van der Waals surface area contributed by atoms with Crippen LogP contribution in [0.3, 0.4) is 0 Å². The summed E-state index contributed by atoms with van der Waals surface area (Å²) < 4.78 is 6.53. The summed E-state index contributed by atoms with van der Waals surface area (Å²) in [5.74, 6) is -0.519. The van der Waals surface area contributed by atoms with Gasteiger partial charge in [0.05, 0.1) is 17.3 Å². The van der Waals surface area contributed by atoms with E-state index in [4.69, 9.17) is 16.3 Å². The molecule has 2 aromatic heterocycles. The highest BCUT2D eigenvalue weighted by molar-refractivity contribution is 6.31. The number of ether oxygens (including phenoxy) is 1. The van der Waals surface area contributed by atoms with Crippen molar-refractivity contribution < 1.29 is 9.53 Å². The average molecular weight is 293 g/mol. The quantitative estimate of drug-likeness (QED) is 0.623. The van der Waals surface area contributed by atoms with E-state index in [2.05, 4.69) is 21.9 Å². The van der Waals surface area contributed by atoms with Gasteiger partial charge in [0, 0.05) is 12.4 Å². The third-order valence-corrected chi connectivity index (χ3v) is 3.03. The molecule has 0 fully saturated rings. The van der Waals surface area contributed by atoms with Crippen molar-refractivity contribution in [1.29, 1.82) is 0 Å². The van der Waals surface area contributed by atoms with Crippen LogP contribution >= 0.6 is 11.6 Å². The minimum Gasteiger partial charge on any atom is -0.457 e. The molecular formula is C13H13ClN4O2. The Morgan fingerprint density at radius 2 is 2.40 bits per heavy atom. The minimum atomic E-state index is -0.519. The van der Waals surface area contributed by atoms with Gasteiger partial charge in [-0.05, 0) is 18.6 Å². The van der Waals surface area contributed by atoms with Crippen molar-refractivity contribution in [2.75, 3.05) is 6.61 Å². The summed E-state index contributed by atoms with van der Waals surface area (Å²) >= 11 is 6.04. The van der Waals surface area contributed by atoms with Crippen molar-refractivity contribution in [1.82, 2.24) is 20.0 Å². The Labute approximate surface area is 121 Å². The lowest BCUT2D eigenvalue weighted by molar-refractivity contribution is 0.0542. The van der Waals surface area contributed by atoms with Crippen LogP contribution in [0.2, 0.25) is 5.02 Å². The first-order chi connectivity index (χ1) is 9.63. The highest BCUT2D eigenvalue weighted by Crippen LogP contribution is 2.16. The number of rotatable bonds is 5. The zero-order valence-electron chi connectivity index (χ0n) is 10.9. The van der Waals surface area contributed by atoms with Crippen LogP contribution in [-0.4, -0.2) is 32.6 Å². The van der Waals surface area contributed by atoms with Gasteiger partial charge in [-0.2, -0.15) is 0 Å². The molecule has 7 heteroatoms. The van der Waals surface area contributed by atoms with E-state index < -0.39 is 5.97 Å². The van der Waals surface area contributed by atoms with Crippen molar-refractivity contribution >= 4 is 17.6 Å². The van der Waals surface area contributed by atoms with Gasteiger partial charge in [0.1, 0.15) is 6.61 Å². The summed E-state index contributed by atoms with van der Waals surface area (Å²) in [6, 6.07) is 1.79. The summed E-state index contributed by atoms with van der Waals surface area (Å²) in [7, 11) is 0. The Hall–Kier alpha value is -2.21. The zero-order chi connectivity index (χ0) is 14.5. The van der Waals surface area contributed by atoms with Crippen molar-refractivity contribution in [2.24, 2.45) is 0 Å². The lowest BCUT2D eigenvalue weighted by atomic mass is 10.2. The topological polar surface area (TPSA) is 69.9 Å². The van der Waals surface area contributed by atoms with E-state index in [1.165, 1.54) is 6.08 Å². The third kappa shape index (κ3) is 3.03. The molecule has 0 bridgehead atoms. The van der Waals surface area contributed by atoms with E-state index >= 15 is 0 Å². The Kier molecular flexibility index (Phi) is 4.47. The number of carbonyl (C=O) groups excluding carboxylic acids is 1. The summed E-state index contributed by atoms with van der Waals surface area (Å²) in [5, 5.41) is 8.32. The van der Waals surface area contributed by atoms with Gasteiger partial charge in [-0.15, -0.1) is 5.10 Å². The van der Waals surface area contributed by atoms with Crippen LogP contribution < -0.4 is 0 Å². The van der Waals surface area contributed by atoms with Crippen LogP contribution in [0.5, 0.6) is 0 Å². The second-order valence-electron chi connectivity index (χ2n) is 4.04.